The highest BCUT2D eigenvalue weighted by Gasteiger charge is 2.38. The number of aliphatic hydroxyl groups excluding tert-OH is 2. The number of carbonyl (C=O) groups is 8. The number of fused-ring (bicyclic) bond motifs is 1. The summed E-state index contributed by atoms with van der Waals surface area (Å²) in [5, 5.41) is 44.2. The van der Waals surface area contributed by atoms with Crippen LogP contribution in [0.15, 0.2) is 30.5 Å². The molecule has 11 N–H and O–H groups in total. The number of aliphatic hydroxyl groups is 2. The molecule has 21 heteroatoms. The zero-order valence-electron chi connectivity index (χ0n) is 31.7. The maximum Gasteiger partial charge on any atom is 0.305 e. The minimum atomic E-state index is -1.71. The molecule has 1 aromatic carbocycles. The fourth-order valence-corrected chi connectivity index (χ4v) is 6.80. The number of hydrogen-bond donors (Lipinski definition) is 10. The van der Waals surface area contributed by atoms with Crippen molar-refractivity contribution < 1.29 is 53.7 Å². The lowest BCUT2D eigenvalue weighted by molar-refractivity contribution is -0.146. The summed E-state index contributed by atoms with van der Waals surface area (Å²) in [7, 11) is 2.51. The van der Waals surface area contributed by atoms with Crippen molar-refractivity contribution in [3.05, 3.63) is 36.0 Å². The zero-order valence-corrected chi connectivity index (χ0v) is 32.6. The third-order valence-corrected chi connectivity index (χ3v) is 10.4. The van der Waals surface area contributed by atoms with Gasteiger partial charge in [0.15, 0.2) is 0 Å². The molecule has 2 aromatic rings. The van der Waals surface area contributed by atoms with E-state index in [1.165, 1.54) is 21.0 Å². The molecular weight excluding hydrogens is 755 g/mol. The van der Waals surface area contributed by atoms with Crippen LogP contribution >= 0.6 is 11.8 Å². The molecule has 7 amide bonds. The molecule has 0 saturated carbocycles. The lowest BCUT2D eigenvalue weighted by atomic mass is 10.0. The van der Waals surface area contributed by atoms with Crippen LogP contribution in [0.2, 0.25) is 0 Å². The number of rotatable bonds is 9. The Balaban J connectivity index is 2.06. The van der Waals surface area contributed by atoms with Crippen LogP contribution in [0.1, 0.15) is 32.8 Å². The fourth-order valence-electron chi connectivity index (χ4n) is 5.87. The van der Waals surface area contributed by atoms with Gasteiger partial charge < -0.3 is 57.1 Å². The molecule has 1 aliphatic rings. The highest BCUT2D eigenvalue weighted by Crippen LogP contribution is 2.21. The normalized spacial score (nSPS) is 25.6. The first-order chi connectivity index (χ1) is 26.4. The molecule has 1 fully saturated rings. The van der Waals surface area contributed by atoms with E-state index >= 15 is 0 Å². The number of carboxylic acid groups (broad SMARTS) is 1. The average molecular weight is 806 g/mol. The van der Waals surface area contributed by atoms with Crippen LogP contribution in [0.5, 0.6) is 0 Å². The zero-order chi connectivity index (χ0) is 41.9. The Hall–Kier alpha value is -5.25. The Morgan fingerprint density at radius 1 is 0.946 bits per heavy atom. The van der Waals surface area contributed by atoms with Crippen molar-refractivity contribution in [1.29, 1.82) is 0 Å². The van der Waals surface area contributed by atoms with E-state index in [-0.39, 0.29) is 17.9 Å². The van der Waals surface area contributed by atoms with E-state index in [4.69, 9.17) is 5.73 Å². The number of aliphatic carboxylic acids is 1. The summed E-state index contributed by atoms with van der Waals surface area (Å²) in [4.78, 5) is 110. The van der Waals surface area contributed by atoms with Crippen LogP contribution in [-0.2, 0) is 44.8 Å². The smallest absolute Gasteiger partial charge is 0.305 e. The Labute approximate surface area is 327 Å². The van der Waals surface area contributed by atoms with Crippen LogP contribution in [0.25, 0.3) is 10.9 Å². The summed E-state index contributed by atoms with van der Waals surface area (Å²) >= 11 is 0.984. The van der Waals surface area contributed by atoms with Crippen molar-refractivity contribution in [2.24, 2.45) is 11.7 Å². The maximum absolute atomic E-state index is 14.1. The van der Waals surface area contributed by atoms with Gasteiger partial charge in [0.05, 0.1) is 25.6 Å². The van der Waals surface area contributed by atoms with Gasteiger partial charge in [0.1, 0.15) is 36.4 Å². The van der Waals surface area contributed by atoms with E-state index in [9.17, 15) is 53.7 Å². The average Bonchev–Trinajstić information content (AvgIpc) is 3.55. The fraction of sp³-hybridized carbons (Fsp3) is 0.543. The topological polar surface area (TPSA) is 306 Å². The first-order valence-electron chi connectivity index (χ1n) is 17.8. The third-order valence-electron chi connectivity index (χ3n) is 9.26. The minimum absolute atomic E-state index is 0.0299. The summed E-state index contributed by atoms with van der Waals surface area (Å²) in [5.41, 5.74) is 6.67. The number of thioether (sulfide) groups is 1. The van der Waals surface area contributed by atoms with Gasteiger partial charge in [0, 0.05) is 42.7 Å². The first-order valence-corrected chi connectivity index (χ1v) is 18.9. The molecule has 56 heavy (non-hydrogen) atoms. The second-order valence-corrected chi connectivity index (χ2v) is 14.8. The number of nitrogens with one attached hydrogen (secondary N) is 6. The number of primary amides is 1. The number of hydrogen-bond acceptors (Lipinski definition) is 12. The molecule has 7 atom stereocenters. The Morgan fingerprint density at radius 2 is 1.62 bits per heavy atom. The highest BCUT2D eigenvalue weighted by atomic mass is 32.2. The lowest BCUT2D eigenvalue weighted by Crippen LogP contribution is -2.61. The Morgan fingerprint density at radius 3 is 2.25 bits per heavy atom. The first kappa shape index (κ1) is 45.1. The van der Waals surface area contributed by atoms with Crippen LogP contribution < -0.4 is 32.3 Å². The van der Waals surface area contributed by atoms with Gasteiger partial charge >= 0.3 is 5.97 Å². The predicted molar refractivity (Wildman–Crippen MR) is 203 cm³/mol. The molecule has 20 nitrogen and oxygen atoms in total. The molecule has 0 spiro atoms. The number of carboxylic acids is 1. The number of nitrogens with zero attached hydrogens (tertiary/aromatic N) is 2. The third kappa shape index (κ3) is 12.1. The van der Waals surface area contributed by atoms with Crippen molar-refractivity contribution in [2.45, 2.75) is 76.1 Å². The van der Waals surface area contributed by atoms with E-state index in [0.717, 1.165) is 32.5 Å². The van der Waals surface area contributed by atoms with Crippen molar-refractivity contribution in [3.63, 3.8) is 0 Å². The summed E-state index contributed by atoms with van der Waals surface area (Å²) < 4.78 is 0. The van der Waals surface area contributed by atoms with Crippen molar-refractivity contribution in [3.8, 4) is 0 Å². The van der Waals surface area contributed by atoms with Gasteiger partial charge in [-0.3, -0.25) is 43.7 Å². The molecule has 1 aliphatic heterocycles. The highest BCUT2D eigenvalue weighted by molar-refractivity contribution is 7.99. The number of likely N-dealkylation sites (N-methyl/N-ethyl adjacent to an activating group) is 2. The summed E-state index contributed by atoms with van der Waals surface area (Å²) in [6.45, 7) is 3.00. The minimum Gasteiger partial charge on any atom is -0.481 e. The van der Waals surface area contributed by atoms with Gasteiger partial charge in [-0.2, -0.15) is 11.8 Å². The molecule has 1 aromatic heterocycles. The van der Waals surface area contributed by atoms with Crippen LogP contribution in [0.4, 0.5) is 0 Å². The number of aromatic nitrogens is 1. The molecule has 1 saturated heterocycles. The van der Waals surface area contributed by atoms with E-state index in [1.54, 1.807) is 20.0 Å². The number of amides is 7. The SMILES string of the molecule is CC(C)[C@H]1NC(=O)[C@H](CC(=O)O)NC(=O)[C@@H](C)N(C)C(=O)[C@@H](Cc2c[nH]c3ccccc23)NC(O)CSC[C@@H](C(=O)NCC(N)=O)NC(=O)[C@H](CO)N(C)C1=O. The summed E-state index contributed by atoms with van der Waals surface area (Å²) in [5.74, 6) is -8.61. The van der Waals surface area contributed by atoms with Gasteiger partial charge in [-0.25, -0.2) is 0 Å². The van der Waals surface area contributed by atoms with Crippen molar-refractivity contribution in [1.82, 2.24) is 41.4 Å². The maximum atomic E-state index is 14.1. The molecule has 1 unspecified atom stereocenters. The molecule has 0 radical (unpaired) electrons. The van der Waals surface area contributed by atoms with Crippen LogP contribution in [0.3, 0.4) is 0 Å². The van der Waals surface area contributed by atoms with Gasteiger partial charge in [0.2, 0.25) is 41.4 Å². The Bertz CT molecular complexity index is 1770. The number of aromatic amines is 1. The second-order valence-electron chi connectivity index (χ2n) is 13.7. The van der Waals surface area contributed by atoms with Gasteiger partial charge in [-0.05, 0) is 30.9 Å². The Kier molecular flexibility index (Phi) is 16.6. The van der Waals surface area contributed by atoms with E-state index in [0.29, 0.717) is 5.56 Å². The summed E-state index contributed by atoms with van der Waals surface area (Å²) in [6, 6.07) is -1.17. The second kappa shape index (κ2) is 20.6. The van der Waals surface area contributed by atoms with E-state index in [1.807, 2.05) is 24.3 Å². The largest absolute Gasteiger partial charge is 0.481 e. The molecule has 2 heterocycles. The number of nitrogens with two attached hydrogens (primary N) is 1. The predicted octanol–water partition coefficient (Wildman–Crippen LogP) is -3.41. The molecule has 0 aliphatic carbocycles. The number of H-pyrrole nitrogens is 1. The number of carbonyl (C=O) groups excluding carboxylic acids is 7. The van der Waals surface area contributed by atoms with Crippen molar-refractivity contribution >= 4 is 70.0 Å². The number of benzene rings is 1. The van der Waals surface area contributed by atoms with Gasteiger partial charge in [-0.1, -0.05) is 32.0 Å². The summed E-state index contributed by atoms with van der Waals surface area (Å²) in [6.07, 6.45) is -0.564. The molecule has 3 rings (SSSR count). The van der Waals surface area contributed by atoms with Crippen molar-refractivity contribution in [2.75, 3.05) is 38.8 Å². The lowest BCUT2D eigenvalue weighted by Gasteiger charge is -2.33. The van der Waals surface area contributed by atoms with E-state index in [2.05, 4.69) is 31.6 Å². The monoisotopic (exact) mass is 805 g/mol. The quantitative estimate of drug-likeness (QED) is 0.118. The molecule has 0 bridgehead atoms. The van der Waals surface area contributed by atoms with Crippen LogP contribution in [-0.4, -0.2) is 159 Å². The molecule has 308 valence electrons. The van der Waals surface area contributed by atoms with Gasteiger partial charge in [0.25, 0.3) is 0 Å². The number of para-hydroxylation sites is 1. The van der Waals surface area contributed by atoms with E-state index < -0.39 is 115 Å². The van der Waals surface area contributed by atoms with Crippen LogP contribution in [0, 0.1) is 5.92 Å². The standard InChI is InChI=1S/C35H51N9O11S/c1-17(2)29-35(55)44(5)25(14-45)33(53)41-24(31(51)38-13-26(36)46)15-56-16-27(47)39-23(10-19-12-37-21-9-7-6-8-20(19)21)34(54)43(4)18(3)30(50)40-22(11-28(48)49)32(52)42-29/h6-9,12,17-18,22-25,27,29,37,39,45,47H,10-11,13-16H2,1-5H3,(H2,36,46)(H,38,51)(H,40,50)(H,41,53)(H,42,52)(H,48,49)/t18-,22+,23-,24+,25+,27?,29-/m1/s1. The molecular formula is C35H51N9O11S. The van der Waals surface area contributed by atoms with Gasteiger partial charge in [-0.15, -0.1) is 0 Å².